The molecule has 1 unspecified atom stereocenters. The van der Waals surface area contributed by atoms with Crippen LogP contribution in [0.3, 0.4) is 0 Å². The molecule has 13 heteroatoms. The van der Waals surface area contributed by atoms with Gasteiger partial charge in [0.05, 0.1) is 22.3 Å². The highest BCUT2D eigenvalue weighted by Crippen LogP contribution is 2.37. The van der Waals surface area contributed by atoms with Crippen LogP contribution in [-0.4, -0.2) is 113 Å². The van der Waals surface area contributed by atoms with E-state index in [1.165, 1.54) is 0 Å². The zero-order valence-corrected chi connectivity index (χ0v) is 32.9. The van der Waals surface area contributed by atoms with Gasteiger partial charge in [-0.2, -0.15) is 0 Å². The predicted octanol–water partition coefficient (Wildman–Crippen LogP) is 5.92. The van der Waals surface area contributed by atoms with Crippen LogP contribution in [0.2, 0.25) is 0 Å². The maximum atomic E-state index is 16.6. The van der Waals surface area contributed by atoms with Crippen molar-refractivity contribution in [1.29, 1.82) is 0 Å². The molecule has 4 amide bonds. The highest BCUT2D eigenvalue weighted by atomic mass is 19.1. The quantitative estimate of drug-likeness (QED) is 0.117. The van der Waals surface area contributed by atoms with Gasteiger partial charge in [-0.05, 0) is 121 Å². The summed E-state index contributed by atoms with van der Waals surface area (Å²) in [5, 5.41) is 21.9. The van der Waals surface area contributed by atoms with Crippen molar-refractivity contribution >= 4 is 40.5 Å². The van der Waals surface area contributed by atoms with Gasteiger partial charge < -0.3 is 19.8 Å². The Balaban J connectivity index is 0.916. The van der Waals surface area contributed by atoms with Crippen molar-refractivity contribution in [2.45, 2.75) is 45.1 Å². The molecule has 0 aromatic heterocycles. The Bertz CT molecular complexity index is 2630. The minimum absolute atomic E-state index is 0.0141. The van der Waals surface area contributed by atoms with Crippen molar-refractivity contribution in [2.24, 2.45) is 5.92 Å². The van der Waals surface area contributed by atoms with Gasteiger partial charge in [0.25, 0.3) is 11.8 Å². The maximum absolute atomic E-state index is 16.6. The van der Waals surface area contributed by atoms with Gasteiger partial charge in [-0.1, -0.05) is 43.3 Å². The predicted molar refractivity (Wildman–Crippen MR) is 225 cm³/mol. The first kappa shape index (κ1) is 31.8. The monoisotopic (exact) mass is 823 g/mol. The van der Waals surface area contributed by atoms with E-state index in [4.69, 9.17) is 15.7 Å². The number of piperidine rings is 2. The van der Waals surface area contributed by atoms with Gasteiger partial charge in [-0.3, -0.25) is 39.2 Å². The van der Waals surface area contributed by atoms with Crippen molar-refractivity contribution in [2.75, 3.05) is 63.7 Å². The van der Waals surface area contributed by atoms with Crippen LogP contribution in [0.4, 0.5) is 10.1 Å². The average molecular weight is 824 g/mol. The Morgan fingerprint density at radius 3 is 2.02 bits per heavy atom. The Labute approximate surface area is 360 Å². The molecule has 0 spiro atoms. The fourth-order valence-electron chi connectivity index (χ4n) is 8.16. The van der Waals surface area contributed by atoms with Crippen LogP contribution in [0.15, 0.2) is 84.9 Å². The third-order valence-electron chi connectivity index (χ3n) is 11.4. The summed E-state index contributed by atoms with van der Waals surface area (Å²) in [7, 11) is 0. The average Bonchev–Trinajstić information content (AvgIpc) is 3.55. The van der Waals surface area contributed by atoms with Gasteiger partial charge in [-0.25, -0.2) is 4.39 Å². The molecule has 1 atom stereocenters. The molecule has 0 saturated carbocycles. The number of allylic oxidation sites excluding steroid dienone is 1. The molecule has 3 fully saturated rings. The van der Waals surface area contributed by atoms with Crippen molar-refractivity contribution in [3.63, 3.8) is 0 Å². The minimum Gasteiger partial charge on any atom is -0.508 e. The summed E-state index contributed by atoms with van der Waals surface area (Å²) >= 11 is 0. The Hall–Kier alpha value is -6.05. The summed E-state index contributed by atoms with van der Waals surface area (Å²) in [4.78, 5) is 54.3. The van der Waals surface area contributed by atoms with Crippen LogP contribution in [0.5, 0.6) is 17.2 Å². The second-order valence-electron chi connectivity index (χ2n) is 15.1. The number of anilines is 1. The second-order valence-corrected chi connectivity index (χ2v) is 15.1. The molecule has 60 heavy (non-hydrogen) atoms. The lowest BCUT2D eigenvalue weighted by Gasteiger charge is -2.39. The number of fused-ring (bicyclic) bond motifs is 1. The Morgan fingerprint density at radius 1 is 0.783 bits per heavy atom. The summed E-state index contributed by atoms with van der Waals surface area (Å²) in [6, 6.07) is 21.9. The topological polar surface area (TPSA) is 143 Å². The van der Waals surface area contributed by atoms with Crippen LogP contribution in [0, 0.1) is 11.7 Å². The first-order chi connectivity index (χ1) is 32.1. The van der Waals surface area contributed by atoms with E-state index in [1.54, 1.807) is 24.3 Å². The van der Waals surface area contributed by atoms with E-state index in [-0.39, 0.29) is 41.7 Å². The number of hydrogen-bond donors (Lipinski definition) is 3. The van der Waals surface area contributed by atoms with Gasteiger partial charge in [0.1, 0.15) is 29.9 Å². The number of halogens is 1. The summed E-state index contributed by atoms with van der Waals surface area (Å²) < 4.78 is 94.6. The van der Waals surface area contributed by atoms with E-state index < -0.39 is 78.3 Å². The van der Waals surface area contributed by atoms with E-state index >= 15 is 4.39 Å². The van der Waals surface area contributed by atoms with Crippen molar-refractivity contribution in [1.82, 2.24) is 20.0 Å². The number of carbonyl (C=O) groups excluding carboxylic acids is 4. The van der Waals surface area contributed by atoms with Gasteiger partial charge in [0.2, 0.25) is 11.8 Å². The van der Waals surface area contributed by atoms with Crippen LogP contribution >= 0.6 is 0 Å². The number of imide groups is 2. The first-order valence-electron chi connectivity index (χ1n) is 24.0. The molecule has 0 radical (unpaired) electrons. The van der Waals surface area contributed by atoms with E-state index in [9.17, 15) is 29.4 Å². The number of amides is 4. The summed E-state index contributed by atoms with van der Waals surface area (Å²) in [5.74, 6) is -4.97. The van der Waals surface area contributed by atoms with Crippen molar-refractivity contribution < 1.29 is 49.5 Å². The van der Waals surface area contributed by atoms with Gasteiger partial charge in [-0.15, -0.1) is 0 Å². The number of benzene rings is 4. The third kappa shape index (κ3) is 8.50. The zero-order valence-electron chi connectivity index (χ0n) is 40.9. The summed E-state index contributed by atoms with van der Waals surface area (Å²) in [5.41, 5.74) is 2.37. The number of nitrogens with zero attached hydrogens (tertiary/aromatic N) is 4. The lowest BCUT2D eigenvalue weighted by molar-refractivity contribution is -0.136. The Morgan fingerprint density at radius 2 is 1.40 bits per heavy atom. The molecule has 4 aliphatic heterocycles. The minimum atomic E-state index is -3.46. The lowest BCUT2D eigenvalue weighted by atomic mass is 9.88. The molecule has 4 aliphatic rings. The number of likely N-dealkylation sites (tertiary alicyclic amines) is 1. The number of hydrogen-bond acceptors (Lipinski definition) is 10. The van der Waals surface area contributed by atoms with Gasteiger partial charge in [0.15, 0.2) is 5.82 Å². The van der Waals surface area contributed by atoms with Crippen LogP contribution in [0.1, 0.15) is 87.4 Å². The highest BCUT2D eigenvalue weighted by molar-refractivity contribution is 6.24. The molecule has 8 rings (SSSR count). The number of aromatic hydroxyl groups is 2. The van der Waals surface area contributed by atoms with Crippen molar-refractivity contribution in [3.05, 3.63) is 119 Å². The summed E-state index contributed by atoms with van der Waals surface area (Å²) in [6.07, 6.45) is 1.16. The fraction of sp³-hybridized carbons (Fsp3) is 0.362. The number of ether oxygens (including phenoxy) is 1. The fourth-order valence-corrected chi connectivity index (χ4v) is 8.16. The molecule has 3 saturated heterocycles. The van der Waals surface area contributed by atoms with E-state index in [1.807, 2.05) is 53.8 Å². The molecule has 4 aromatic carbocycles. The first-order valence-corrected chi connectivity index (χ1v) is 20.0. The number of rotatable bonds is 12. The number of piperazine rings is 1. The molecule has 4 heterocycles. The molecule has 312 valence electrons. The number of nitrogens with one attached hydrogen (secondary N) is 1. The summed E-state index contributed by atoms with van der Waals surface area (Å²) in [6.45, 7) is -9.91. The van der Waals surface area contributed by atoms with E-state index in [0.29, 0.717) is 61.1 Å². The van der Waals surface area contributed by atoms with E-state index in [0.717, 1.165) is 40.0 Å². The van der Waals surface area contributed by atoms with Crippen molar-refractivity contribution in [3.8, 4) is 17.2 Å². The number of phenols is 2. The molecular formula is C47H50FN5O7. The smallest absolute Gasteiger partial charge is 0.265 e. The molecular weight excluding hydrogens is 766 g/mol. The molecule has 3 N–H and O–H groups in total. The normalized spacial score (nSPS) is 25.0. The van der Waals surface area contributed by atoms with Gasteiger partial charge >= 0.3 is 0 Å². The molecule has 0 aliphatic carbocycles. The zero-order chi connectivity index (χ0) is 49.1. The lowest BCUT2D eigenvalue weighted by Crippen LogP contribution is -2.54. The van der Waals surface area contributed by atoms with Crippen LogP contribution in [-0.2, 0) is 9.59 Å². The molecule has 4 aromatic rings. The van der Waals surface area contributed by atoms with E-state index in [2.05, 4.69) is 11.8 Å². The number of carbonyl (C=O) groups is 4. The third-order valence-corrected chi connectivity index (χ3v) is 11.4. The standard InChI is InChI=1S/C47H50FN5O7/c1-2-37(31-3-9-34(54)10-4-31)42(32-5-11-35(55)12-6-32)33-7-13-36(14-8-33)60-28-27-50-21-19-30(20-22-50)29-51-23-25-52(26-24-51)39-16-15-38-43(44(39)48)47(59)53(46(38)58)40-17-18-41(56)49-45(40)57/h3-16,30,40,54-55H,2,17-29H2,1H3,(H,49,56,57)/i23D2,24D2,25D2,26D2. The molecule has 12 nitrogen and oxygen atoms in total. The molecule has 0 bridgehead atoms. The second kappa shape index (κ2) is 17.7. The Kier molecular flexibility index (Phi) is 9.37. The van der Waals surface area contributed by atoms with Gasteiger partial charge in [0, 0.05) is 51.0 Å². The highest BCUT2D eigenvalue weighted by Gasteiger charge is 2.46. The van der Waals surface area contributed by atoms with Crippen LogP contribution in [0.25, 0.3) is 11.1 Å². The van der Waals surface area contributed by atoms with Crippen LogP contribution < -0.4 is 15.0 Å². The largest absolute Gasteiger partial charge is 0.508 e. The maximum Gasteiger partial charge on any atom is 0.265 e. The SMILES string of the molecule is [2H]C1([2H])N(CC2CCN(CCOc3ccc(C(=C(CC)c4ccc(O)cc4)c4ccc(O)cc4)cc3)CC2)C([2H])([2H])C([2H])([2H])N(c2ccc3c(c2F)C(=O)N(C2CCC(=O)NC2=O)C3=O)C1([2H])[2H]. The number of phenolic OH excluding ortho intramolecular Hbond substituents is 2.